The standard InChI is InChI=1S/C14H15ClN4O2/c1-9(8-10-2-4-11(15)5-3-10)13(20)16-7-6-12-17-14(21)19-18-12/h2-5,8H,6-7H2,1H3,(H,16,20)(H2,17,18,19,21). The van der Waals surface area contributed by atoms with Crippen LogP contribution < -0.4 is 11.0 Å². The van der Waals surface area contributed by atoms with Crippen LogP contribution in [0.2, 0.25) is 5.02 Å². The monoisotopic (exact) mass is 306 g/mol. The summed E-state index contributed by atoms with van der Waals surface area (Å²) in [6.07, 6.45) is 2.24. The molecular weight excluding hydrogens is 292 g/mol. The molecule has 2 aromatic rings. The number of rotatable bonds is 5. The number of hydrogen-bond donors (Lipinski definition) is 3. The molecule has 0 spiro atoms. The summed E-state index contributed by atoms with van der Waals surface area (Å²) in [5.41, 5.74) is 1.15. The Morgan fingerprint density at radius 2 is 2.10 bits per heavy atom. The fourth-order valence-corrected chi connectivity index (χ4v) is 1.86. The van der Waals surface area contributed by atoms with Gasteiger partial charge in [-0.1, -0.05) is 23.7 Å². The summed E-state index contributed by atoms with van der Waals surface area (Å²) in [7, 11) is 0. The predicted molar refractivity (Wildman–Crippen MR) is 81.0 cm³/mol. The molecule has 0 saturated heterocycles. The van der Waals surface area contributed by atoms with E-state index in [0.717, 1.165) is 5.56 Å². The van der Waals surface area contributed by atoms with Crippen LogP contribution in [0.25, 0.3) is 6.08 Å². The van der Waals surface area contributed by atoms with E-state index in [0.29, 0.717) is 29.4 Å². The molecule has 0 saturated carbocycles. The maximum atomic E-state index is 11.9. The van der Waals surface area contributed by atoms with Crippen molar-refractivity contribution in [2.24, 2.45) is 0 Å². The Morgan fingerprint density at radius 3 is 2.71 bits per heavy atom. The van der Waals surface area contributed by atoms with E-state index in [2.05, 4.69) is 20.5 Å². The van der Waals surface area contributed by atoms with Gasteiger partial charge in [-0.2, -0.15) is 5.10 Å². The highest BCUT2D eigenvalue weighted by atomic mass is 35.5. The van der Waals surface area contributed by atoms with E-state index < -0.39 is 0 Å². The van der Waals surface area contributed by atoms with E-state index in [1.165, 1.54) is 0 Å². The lowest BCUT2D eigenvalue weighted by Crippen LogP contribution is -2.26. The van der Waals surface area contributed by atoms with Crippen molar-refractivity contribution in [3.63, 3.8) is 0 Å². The van der Waals surface area contributed by atoms with Gasteiger partial charge in [-0.3, -0.25) is 9.78 Å². The fraction of sp³-hybridized carbons (Fsp3) is 0.214. The zero-order chi connectivity index (χ0) is 15.2. The van der Waals surface area contributed by atoms with Crippen molar-refractivity contribution in [2.45, 2.75) is 13.3 Å². The van der Waals surface area contributed by atoms with Crippen LogP contribution in [-0.2, 0) is 11.2 Å². The molecule has 110 valence electrons. The molecule has 0 bridgehead atoms. The number of benzene rings is 1. The zero-order valence-electron chi connectivity index (χ0n) is 11.4. The van der Waals surface area contributed by atoms with Gasteiger partial charge in [0.15, 0.2) is 0 Å². The van der Waals surface area contributed by atoms with Gasteiger partial charge in [-0.05, 0) is 30.7 Å². The molecular formula is C14H15ClN4O2. The second-order valence-electron chi connectivity index (χ2n) is 4.51. The first-order valence-corrected chi connectivity index (χ1v) is 6.78. The number of halogens is 1. The molecule has 0 fully saturated rings. The van der Waals surface area contributed by atoms with Crippen molar-refractivity contribution < 1.29 is 4.79 Å². The summed E-state index contributed by atoms with van der Waals surface area (Å²) >= 11 is 5.81. The molecule has 2 rings (SSSR count). The van der Waals surface area contributed by atoms with Crippen LogP contribution in [0, 0.1) is 0 Å². The lowest BCUT2D eigenvalue weighted by Gasteiger charge is -2.04. The van der Waals surface area contributed by atoms with E-state index in [4.69, 9.17) is 11.6 Å². The minimum Gasteiger partial charge on any atom is -0.352 e. The smallest absolute Gasteiger partial charge is 0.340 e. The lowest BCUT2D eigenvalue weighted by atomic mass is 10.1. The maximum Gasteiger partial charge on any atom is 0.340 e. The normalized spacial score (nSPS) is 11.4. The number of nitrogens with zero attached hydrogens (tertiary/aromatic N) is 1. The minimum absolute atomic E-state index is 0.164. The van der Waals surface area contributed by atoms with Gasteiger partial charge in [0.25, 0.3) is 0 Å². The van der Waals surface area contributed by atoms with Gasteiger partial charge in [-0.15, -0.1) is 0 Å². The molecule has 6 nitrogen and oxygen atoms in total. The van der Waals surface area contributed by atoms with E-state index in [9.17, 15) is 9.59 Å². The highest BCUT2D eigenvalue weighted by molar-refractivity contribution is 6.30. The van der Waals surface area contributed by atoms with Crippen molar-refractivity contribution in [3.05, 3.63) is 56.7 Å². The average molecular weight is 307 g/mol. The number of H-pyrrole nitrogens is 2. The maximum absolute atomic E-state index is 11.9. The lowest BCUT2D eigenvalue weighted by molar-refractivity contribution is -0.117. The average Bonchev–Trinajstić information content (AvgIpc) is 2.87. The highest BCUT2D eigenvalue weighted by Gasteiger charge is 2.05. The molecule has 0 aliphatic heterocycles. The van der Waals surface area contributed by atoms with Gasteiger partial charge in [0.05, 0.1) is 0 Å². The number of nitrogens with one attached hydrogen (secondary N) is 3. The van der Waals surface area contributed by atoms with Crippen molar-refractivity contribution in [1.29, 1.82) is 0 Å². The van der Waals surface area contributed by atoms with Gasteiger partial charge < -0.3 is 5.32 Å². The Bertz CT molecular complexity index is 700. The quantitative estimate of drug-likeness (QED) is 0.731. The largest absolute Gasteiger partial charge is 0.352 e. The summed E-state index contributed by atoms with van der Waals surface area (Å²) < 4.78 is 0. The highest BCUT2D eigenvalue weighted by Crippen LogP contribution is 2.12. The first-order chi connectivity index (χ1) is 10.0. The number of aromatic amines is 2. The molecule has 1 aromatic heterocycles. The van der Waals surface area contributed by atoms with E-state index in [1.807, 2.05) is 12.1 Å². The molecule has 0 aliphatic carbocycles. The second kappa shape index (κ2) is 6.90. The Morgan fingerprint density at radius 1 is 1.38 bits per heavy atom. The summed E-state index contributed by atoms with van der Waals surface area (Å²) in [5.74, 6) is 0.350. The van der Waals surface area contributed by atoms with E-state index >= 15 is 0 Å². The van der Waals surface area contributed by atoms with Crippen molar-refractivity contribution >= 4 is 23.6 Å². The molecule has 7 heteroatoms. The summed E-state index contributed by atoms with van der Waals surface area (Å²) in [5, 5.41) is 9.45. The number of amides is 1. The molecule has 0 atom stereocenters. The zero-order valence-corrected chi connectivity index (χ0v) is 12.2. The Hall–Kier alpha value is -2.34. The van der Waals surface area contributed by atoms with E-state index in [1.54, 1.807) is 25.1 Å². The molecule has 0 aliphatic rings. The second-order valence-corrected chi connectivity index (χ2v) is 4.95. The minimum atomic E-state index is -0.352. The Balaban J connectivity index is 1.87. The van der Waals surface area contributed by atoms with Crippen molar-refractivity contribution in [2.75, 3.05) is 6.54 Å². The van der Waals surface area contributed by atoms with Gasteiger partial charge in [0.2, 0.25) is 5.91 Å². The van der Waals surface area contributed by atoms with Crippen LogP contribution in [-0.4, -0.2) is 27.6 Å². The van der Waals surface area contributed by atoms with Crippen LogP contribution in [0.3, 0.4) is 0 Å². The van der Waals surface area contributed by atoms with Gasteiger partial charge in [-0.25, -0.2) is 9.89 Å². The van der Waals surface area contributed by atoms with Crippen molar-refractivity contribution in [3.8, 4) is 0 Å². The number of aromatic nitrogens is 3. The van der Waals surface area contributed by atoms with Crippen LogP contribution >= 0.6 is 11.6 Å². The van der Waals surface area contributed by atoms with Crippen LogP contribution in [0.4, 0.5) is 0 Å². The molecule has 1 amide bonds. The molecule has 0 radical (unpaired) electrons. The first kappa shape index (κ1) is 15.1. The number of carbonyl (C=O) groups excluding carboxylic acids is 1. The fourth-order valence-electron chi connectivity index (χ4n) is 1.73. The Kier molecular flexibility index (Phi) is 4.94. The molecule has 0 unspecified atom stereocenters. The predicted octanol–water partition coefficient (Wildman–Crippen LogP) is 1.51. The van der Waals surface area contributed by atoms with Crippen molar-refractivity contribution in [1.82, 2.24) is 20.5 Å². The van der Waals surface area contributed by atoms with Crippen LogP contribution in [0.5, 0.6) is 0 Å². The van der Waals surface area contributed by atoms with Gasteiger partial charge >= 0.3 is 5.69 Å². The van der Waals surface area contributed by atoms with Crippen LogP contribution in [0.15, 0.2) is 34.6 Å². The van der Waals surface area contributed by atoms with Gasteiger partial charge in [0.1, 0.15) is 5.82 Å². The number of carbonyl (C=O) groups is 1. The van der Waals surface area contributed by atoms with E-state index in [-0.39, 0.29) is 11.6 Å². The molecule has 21 heavy (non-hydrogen) atoms. The summed E-state index contributed by atoms with van der Waals surface area (Å²) in [6.45, 7) is 2.13. The topological polar surface area (TPSA) is 90.6 Å². The number of hydrogen-bond acceptors (Lipinski definition) is 3. The SMILES string of the molecule is CC(=Cc1ccc(Cl)cc1)C(=O)NCCc1n[nH]c(=O)[nH]1. The third-order valence-electron chi connectivity index (χ3n) is 2.81. The summed E-state index contributed by atoms with van der Waals surface area (Å²) in [6, 6.07) is 7.22. The molecule has 1 heterocycles. The third-order valence-corrected chi connectivity index (χ3v) is 3.06. The van der Waals surface area contributed by atoms with Crippen LogP contribution in [0.1, 0.15) is 18.3 Å². The summed E-state index contributed by atoms with van der Waals surface area (Å²) in [4.78, 5) is 25.3. The molecule has 1 aromatic carbocycles. The molecule has 3 N–H and O–H groups in total. The third kappa shape index (κ3) is 4.61. The Labute approximate surface area is 126 Å². The first-order valence-electron chi connectivity index (χ1n) is 6.40. The van der Waals surface area contributed by atoms with Gasteiger partial charge in [0, 0.05) is 23.6 Å².